The molecule has 0 aromatic carbocycles. The van der Waals surface area contributed by atoms with Crippen LogP contribution in [-0.4, -0.2) is 34.6 Å². The molecule has 0 aliphatic rings. The summed E-state index contributed by atoms with van der Waals surface area (Å²) in [5.74, 6) is 0. The highest BCUT2D eigenvalue weighted by molar-refractivity contribution is 7.64. The van der Waals surface area contributed by atoms with Crippen molar-refractivity contribution in [1.82, 2.24) is 0 Å². The van der Waals surface area contributed by atoms with Gasteiger partial charge >= 0.3 is 14.8 Å². The SMILES string of the molecule is CCO[Si](CCC[Si](Cl)(Cl)Cl)(OCC)OCC. The summed E-state index contributed by atoms with van der Waals surface area (Å²) in [6, 6.07) is -1.23. The lowest BCUT2D eigenvalue weighted by molar-refractivity contribution is 0.0711. The predicted molar refractivity (Wildman–Crippen MR) is 78.2 cm³/mol. The fourth-order valence-corrected chi connectivity index (χ4v) is 6.25. The van der Waals surface area contributed by atoms with Gasteiger partial charge in [-0.2, -0.15) is 0 Å². The second-order valence-electron chi connectivity index (χ2n) is 3.45. The van der Waals surface area contributed by atoms with E-state index in [9.17, 15) is 0 Å². The maximum atomic E-state index is 5.86. The second kappa shape index (κ2) is 9.15. The molecule has 0 aliphatic carbocycles. The fraction of sp³-hybridized carbons (Fsp3) is 1.00. The number of rotatable bonds is 10. The third-order valence-electron chi connectivity index (χ3n) is 2.04. The first-order chi connectivity index (χ1) is 7.89. The van der Waals surface area contributed by atoms with Gasteiger partial charge in [0, 0.05) is 25.9 Å². The molecule has 0 radical (unpaired) electrons. The van der Waals surface area contributed by atoms with Crippen LogP contribution in [0.5, 0.6) is 0 Å². The van der Waals surface area contributed by atoms with Gasteiger partial charge in [-0.05, 0) is 33.2 Å². The molecule has 0 saturated heterocycles. The van der Waals surface area contributed by atoms with Gasteiger partial charge in [0.25, 0.3) is 0 Å². The van der Waals surface area contributed by atoms with Crippen molar-refractivity contribution in [2.75, 3.05) is 19.8 Å². The molecular weight excluding hydrogens is 319 g/mol. The van der Waals surface area contributed by atoms with Crippen LogP contribution in [0.25, 0.3) is 0 Å². The smallest absolute Gasteiger partial charge is 0.374 e. The number of hydrogen-bond acceptors (Lipinski definition) is 3. The molecule has 3 nitrogen and oxygen atoms in total. The lowest BCUT2D eigenvalue weighted by atomic mass is 10.6. The zero-order valence-electron chi connectivity index (χ0n) is 10.6. The highest BCUT2D eigenvalue weighted by Gasteiger charge is 2.40. The Bertz CT molecular complexity index is 185. The zero-order valence-corrected chi connectivity index (χ0v) is 14.9. The highest BCUT2D eigenvalue weighted by Crippen LogP contribution is 2.29. The zero-order chi connectivity index (χ0) is 13.4. The van der Waals surface area contributed by atoms with Gasteiger partial charge in [-0.1, -0.05) is 0 Å². The molecule has 0 heterocycles. The molecule has 0 atom stereocenters. The minimum absolute atomic E-state index is 0.581. The van der Waals surface area contributed by atoms with Crippen LogP contribution in [0.1, 0.15) is 27.2 Å². The number of halogens is 3. The molecule has 0 unspecified atom stereocenters. The Morgan fingerprint density at radius 2 is 1.18 bits per heavy atom. The Hall–Kier alpha value is 1.18. The second-order valence-corrected chi connectivity index (χ2v) is 15.5. The quantitative estimate of drug-likeness (QED) is 0.443. The van der Waals surface area contributed by atoms with Gasteiger partial charge in [-0.3, -0.25) is 0 Å². The van der Waals surface area contributed by atoms with Crippen LogP contribution in [0.2, 0.25) is 12.1 Å². The van der Waals surface area contributed by atoms with E-state index in [0.29, 0.717) is 31.9 Å². The van der Waals surface area contributed by atoms with Gasteiger partial charge in [-0.25, -0.2) is 0 Å². The highest BCUT2D eigenvalue weighted by atomic mass is 35.8. The molecule has 0 amide bonds. The van der Waals surface area contributed by atoms with Gasteiger partial charge in [0.1, 0.15) is 0 Å². The molecule has 0 rings (SSSR count). The van der Waals surface area contributed by atoms with E-state index in [1.165, 1.54) is 0 Å². The Morgan fingerprint density at radius 3 is 1.47 bits per heavy atom. The number of hydrogen-bond donors (Lipinski definition) is 0. The van der Waals surface area contributed by atoms with Crippen molar-refractivity contribution < 1.29 is 13.3 Å². The van der Waals surface area contributed by atoms with E-state index in [2.05, 4.69) is 0 Å². The Labute approximate surface area is 120 Å². The lowest BCUT2D eigenvalue weighted by Crippen LogP contribution is -2.46. The van der Waals surface area contributed by atoms with Crippen LogP contribution in [0.15, 0.2) is 0 Å². The monoisotopic (exact) mass is 338 g/mol. The molecule has 0 bridgehead atoms. The van der Waals surface area contributed by atoms with E-state index in [1.807, 2.05) is 20.8 Å². The van der Waals surface area contributed by atoms with E-state index < -0.39 is 14.8 Å². The van der Waals surface area contributed by atoms with E-state index in [-0.39, 0.29) is 0 Å². The Morgan fingerprint density at radius 1 is 0.765 bits per heavy atom. The molecule has 0 fully saturated rings. The summed E-state index contributed by atoms with van der Waals surface area (Å²) < 4.78 is 17.1. The van der Waals surface area contributed by atoms with Gasteiger partial charge in [-0.15, -0.1) is 33.2 Å². The normalized spacial score (nSPS) is 13.1. The van der Waals surface area contributed by atoms with Crippen molar-refractivity contribution in [3.63, 3.8) is 0 Å². The van der Waals surface area contributed by atoms with Gasteiger partial charge in [0.05, 0.1) is 0 Å². The first kappa shape index (κ1) is 18.2. The first-order valence-electron chi connectivity index (χ1n) is 5.87. The largest absolute Gasteiger partial charge is 0.500 e. The maximum absolute atomic E-state index is 5.86. The summed E-state index contributed by atoms with van der Waals surface area (Å²) in [5, 5.41) is 0. The standard InChI is InChI=1S/C9H21Cl3O3Si2/c1-4-13-17(14-5-2,15-6-3)9-7-8-16(10,11)12/h4-9H2,1-3H3. The molecule has 0 saturated carbocycles. The molecule has 17 heavy (non-hydrogen) atoms. The topological polar surface area (TPSA) is 27.7 Å². The predicted octanol–water partition coefficient (Wildman–Crippen LogP) is 4.08. The van der Waals surface area contributed by atoms with Crippen LogP contribution in [0, 0.1) is 0 Å². The average Bonchev–Trinajstić information content (AvgIpc) is 2.16. The maximum Gasteiger partial charge on any atom is 0.500 e. The van der Waals surface area contributed by atoms with Crippen molar-refractivity contribution in [3.05, 3.63) is 0 Å². The minimum atomic E-state index is -2.55. The molecule has 104 valence electrons. The molecular formula is C9H21Cl3O3Si2. The molecule has 0 spiro atoms. The Balaban J connectivity index is 4.33. The van der Waals surface area contributed by atoms with E-state index in [0.717, 1.165) is 6.42 Å². The summed E-state index contributed by atoms with van der Waals surface area (Å²) in [6.07, 6.45) is 0.773. The average molecular weight is 340 g/mol. The summed E-state index contributed by atoms with van der Waals surface area (Å²) in [4.78, 5) is 0. The summed E-state index contributed by atoms with van der Waals surface area (Å²) in [6.45, 7) is 7.54. The van der Waals surface area contributed by atoms with Crippen LogP contribution in [-0.2, 0) is 13.3 Å². The molecule has 8 heteroatoms. The summed E-state index contributed by atoms with van der Waals surface area (Å²) in [7, 11) is -2.55. The van der Waals surface area contributed by atoms with E-state index in [4.69, 9.17) is 46.5 Å². The molecule has 0 aromatic heterocycles. The Kier molecular flexibility index (Phi) is 9.78. The van der Waals surface area contributed by atoms with Gasteiger partial charge in [0.15, 0.2) is 0 Å². The van der Waals surface area contributed by atoms with Crippen molar-refractivity contribution in [2.45, 2.75) is 39.3 Å². The molecule has 0 aromatic rings. The summed E-state index contributed by atoms with van der Waals surface area (Å²) >= 11 is 17.6. The molecule has 0 aliphatic heterocycles. The third kappa shape index (κ3) is 8.83. The van der Waals surface area contributed by atoms with Crippen LogP contribution in [0.3, 0.4) is 0 Å². The van der Waals surface area contributed by atoms with Crippen molar-refractivity contribution in [2.24, 2.45) is 0 Å². The van der Waals surface area contributed by atoms with E-state index >= 15 is 0 Å². The molecule has 0 N–H and O–H groups in total. The van der Waals surface area contributed by atoms with Crippen LogP contribution < -0.4 is 0 Å². The van der Waals surface area contributed by atoms with Crippen molar-refractivity contribution in [1.29, 1.82) is 0 Å². The minimum Gasteiger partial charge on any atom is -0.374 e. The summed E-state index contributed by atoms with van der Waals surface area (Å²) in [5.41, 5.74) is 0. The van der Waals surface area contributed by atoms with Gasteiger partial charge < -0.3 is 13.3 Å². The first-order valence-corrected chi connectivity index (χ1v) is 13.0. The van der Waals surface area contributed by atoms with Crippen molar-refractivity contribution >= 4 is 48.0 Å². The lowest BCUT2D eigenvalue weighted by Gasteiger charge is -2.28. The fourth-order valence-electron chi connectivity index (χ4n) is 1.51. The van der Waals surface area contributed by atoms with Gasteiger partial charge in [0.2, 0.25) is 0 Å². The van der Waals surface area contributed by atoms with Crippen molar-refractivity contribution in [3.8, 4) is 0 Å². The van der Waals surface area contributed by atoms with Crippen LogP contribution >= 0.6 is 33.2 Å². The third-order valence-corrected chi connectivity index (χ3v) is 7.81. The van der Waals surface area contributed by atoms with E-state index in [1.54, 1.807) is 0 Å². The van der Waals surface area contributed by atoms with Crippen LogP contribution in [0.4, 0.5) is 0 Å².